The van der Waals surface area contributed by atoms with E-state index in [4.69, 9.17) is 4.74 Å². The molecule has 0 aliphatic carbocycles. The highest BCUT2D eigenvalue weighted by Crippen LogP contribution is 2.16. The third-order valence-electron chi connectivity index (χ3n) is 4.71. The van der Waals surface area contributed by atoms with Gasteiger partial charge in [-0.3, -0.25) is 10.1 Å². The maximum Gasteiger partial charge on any atom is 0.328 e. The molecular weight excluding hydrogens is 340 g/mol. The maximum atomic E-state index is 13.0. The smallest absolute Gasteiger partial charge is 0.328 e. The van der Waals surface area contributed by atoms with Crippen molar-refractivity contribution in [2.75, 3.05) is 7.11 Å². The van der Waals surface area contributed by atoms with Crippen molar-refractivity contribution in [3.63, 3.8) is 0 Å². The summed E-state index contributed by atoms with van der Waals surface area (Å²) in [4.78, 5) is 25.2. The first-order valence-corrected chi connectivity index (χ1v) is 9.27. The molecule has 0 saturated heterocycles. The second-order valence-corrected chi connectivity index (χ2v) is 6.61. The summed E-state index contributed by atoms with van der Waals surface area (Å²) in [6.07, 6.45) is 0.757. The van der Waals surface area contributed by atoms with Crippen LogP contribution < -0.4 is 10.6 Å². The standard InChI is InChI=1S/C22H28N2O3/c1-4-16(2)19(22(26)27-3)24-21(25)20(18-13-9-6-10-14-18)23-15-17-11-7-5-8-12-17/h5-14,16,19-20,23H,4,15H2,1-3H3,(H,24,25)/t16-,19-,20+/m0/s1. The van der Waals surface area contributed by atoms with Crippen molar-refractivity contribution in [3.8, 4) is 0 Å². The van der Waals surface area contributed by atoms with Gasteiger partial charge in [-0.15, -0.1) is 0 Å². The Bertz CT molecular complexity index is 719. The van der Waals surface area contributed by atoms with Crippen LogP contribution in [0, 0.1) is 5.92 Å². The zero-order valence-electron chi connectivity index (χ0n) is 16.1. The summed E-state index contributed by atoms with van der Waals surface area (Å²) in [5.74, 6) is -0.688. The van der Waals surface area contributed by atoms with Gasteiger partial charge < -0.3 is 10.1 Å². The van der Waals surface area contributed by atoms with E-state index in [0.29, 0.717) is 6.54 Å². The number of esters is 1. The summed E-state index contributed by atoms with van der Waals surface area (Å²) in [5, 5.41) is 6.18. The second kappa shape index (κ2) is 10.5. The number of hydrogen-bond donors (Lipinski definition) is 2. The SMILES string of the molecule is CC[C@H](C)[C@H](NC(=O)[C@H](NCc1ccccc1)c1ccccc1)C(=O)OC. The number of carbonyl (C=O) groups is 2. The molecule has 1 amide bonds. The highest BCUT2D eigenvalue weighted by atomic mass is 16.5. The molecule has 5 heteroatoms. The normalized spacial score (nSPS) is 14.0. The Kier molecular flexibility index (Phi) is 8.01. The van der Waals surface area contributed by atoms with E-state index in [-0.39, 0.29) is 11.8 Å². The van der Waals surface area contributed by atoms with Gasteiger partial charge in [-0.2, -0.15) is 0 Å². The average Bonchev–Trinajstić information content (AvgIpc) is 2.72. The molecule has 2 aromatic carbocycles. The molecule has 2 N–H and O–H groups in total. The predicted molar refractivity (Wildman–Crippen MR) is 106 cm³/mol. The van der Waals surface area contributed by atoms with E-state index in [9.17, 15) is 9.59 Å². The van der Waals surface area contributed by atoms with E-state index in [1.54, 1.807) is 0 Å². The van der Waals surface area contributed by atoms with Gasteiger partial charge in [-0.05, 0) is 17.0 Å². The van der Waals surface area contributed by atoms with E-state index in [1.165, 1.54) is 7.11 Å². The highest BCUT2D eigenvalue weighted by molar-refractivity contribution is 5.88. The summed E-state index contributed by atoms with van der Waals surface area (Å²) in [6.45, 7) is 4.45. The lowest BCUT2D eigenvalue weighted by Gasteiger charge is -2.25. The Balaban J connectivity index is 2.18. The number of amides is 1. The van der Waals surface area contributed by atoms with Crippen LogP contribution in [0.2, 0.25) is 0 Å². The Hall–Kier alpha value is -2.66. The average molecular weight is 368 g/mol. The zero-order chi connectivity index (χ0) is 19.6. The topological polar surface area (TPSA) is 67.4 Å². The lowest BCUT2D eigenvalue weighted by molar-refractivity contribution is -0.146. The molecular formula is C22H28N2O3. The van der Waals surface area contributed by atoms with Crippen molar-refractivity contribution in [2.45, 2.75) is 38.9 Å². The molecule has 0 unspecified atom stereocenters. The van der Waals surface area contributed by atoms with Crippen molar-refractivity contribution in [3.05, 3.63) is 71.8 Å². The number of carbonyl (C=O) groups excluding carboxylic acids is 2. The first kappa shape index (κ1) is 20.6. The Morgan fingerprint density at radius 1 is 1.00 bits per heavy atom. The van der Waals surface area contributed by atoms with Gasteiger partial charge in [-0.1, -0.05) is 80.9 Å². The van der Waals surface area contributed by atoms with Crippen LogP contribution in [-0.4, -0.2) is 25.0 Å². The van der Waals surface area contributed by atoms with Gasteiger partial charge in [0.15, 0.2) is 0 Å². The number of methoxy groups -OCH3 is 1. The van der Waals surface area contributed by atoms with Crippen LogP contribution in [0.4, 0.5) is 0 Å². The van der Waals surface area contributed by atoms with Crippen LogP contribution in [0.15, 0.2) is 60.7 Å². The molecule has 0 saturated carbocycles. The molecule has 2 rings (SSSR count). The third-order valence-corrected chi connectivity index (χ3v) is 4.71. The van der Waals surface area contributed by atoms with Gasteiger partial charge in [0.05, 0.1) is 7.11 Å². The minimum absolute atomic E-state index is 0.0213. The first-order chi connectivity index (χ1) is 13.1. The van der Waals surface area contributed by atoms with E-state index < -0.39 is 18.1 Å². The minimum atomic E-state index is -0.669. The van der Waals surface area contributed by atoms with Crippen molar-refractivity contribution in [2.24, 2.45) is 5.92 Å². The Labute approximate surface area is 161 Å². The maximum absolute atomic E-state index is 13.0. The molecule has 27 heavy (non-hydrogen) atoms. The summed E-state index contributed by atoms with van der Waals surface area (Å²) in [5.41, 5.74) is 1.93. The van der Waals surface area contributed by atoms with Gasteiger partial charge in [0.2, 0.25) is 5.91 Å². The summed E-state index contributed by atoms with van der Waals surface area (Å²) in [6, 6.07) is 18.2. The number of ether oxygens (including phenoxy) is 1. The molecule has 0 spiro atoms. The third kappa shape index (κ3) is 5.93. The highest BCUT2D eigenvalue weighted by Gasteiger charge is 2.30. The molecule has 0 aliphatic heterocycles. The lowest BCUT2D eigenvalue weighted by Crippen LogP contribution is -2.49. The lowest BCUT2D eigenvalue weighted by atomic mass is 9.98. The molecule has 0 aromatic heterocycles. The Morgan fingerprint density at radius 3 is 2.15 bits per heavy atom. The number of hydrogen-bond acceptors (Lipinski definition) is 4. The number of benzene rings is 2. The monoisotopic (exact) mass is 368 g/mol. The molecule has 0 radical (unpaired) electrons. The largest absolute Gasteiger partial charge is 0.467 e. The predicted octanol–water partition coefficient (Wildman–Crippen LogP) is 3.22. The molecule has 0 heterocycles. The molecule has 0 bridgehead atoms. The Morgan fingerprint density at radius 2 is 1.59 bits per heavy atom. The molecule has 3 atom stereocenters. The van der Waals surface area contributed by atoms with Gasteiger partial charge in [-0.25, -0.2) is 4.79 Å². The summed E-state index contributed by atoms with van der Waals surface area (Å²) in [7, 11) is 1.34. The second-order valence-electron chi connectivity index (χ2n) is 6.61. The van der Waals surface area contributed by atoms with Crippen LogP contribution in [0.25, 0.3) is 0 Å². The van der Waals surface area contributed by atoms with Crippen molar-refractivity contribution >= 4 is 11.9 Å². The molecule has 0 fully saturated rings. The zero-order valence-corrected chi connectivity index (χ0v) is 16.1. The fourth-order valence-corrected chi connectivity index (χ4v) is 2.86. The van der Waals surface area contributed by atoms with Crippen LogP contribution in [-0.2, 0) is 20.9 Å². The van der Waals surface area contributed by atoms with Gasteiger partial charge in [0, 0.05) is 6.54 Å². The van der Waals surface area contributed by atoms with Crippen molar-refractivity contribution in [1.82, 2.24) is 10.6 Å². The van der Waals surface area contributed by atoms with Crippen LogP contribution >= 0.6 is 0 Å². The number of nitrogens with one attached hydrogen (secondary N) is 2. The number of rotatable bonds is 9. The fraction of sp³-hybridized carbons (Fsp3) is 0.364. The van der Waals surface area contributed by atoms with Crippen LogP contribution in [0.1, 0.15) is 37.4 Å². The van der Waals surface area contributed by atoms with Crippen molar-refractivity contribution < 1.29 is 14.3 Å². The van der Waals surface area contributed by atoms with Gasteiger partial charge in [0.25, 0.3) is 0 Å². The quantitative estimate of drug-likeness (QED) is 0.667. The molecule has 5 nitrogen and oxygen atoms in total. The fourth-order valence-electron chi connectivity index (χ4n) is 2.86. The molecule has 0 aliphatic rings. The van der Waals surface area contributed by atoms with E-state index in [0.717, 1.165) is 17.5 Å². The molecule has 2 aromatic rings. The van der Waals surface area contributed by atoms with E-state index in [2.05, 4.69) is 10.6 Å². The minimum Gasteiger partial charge on any atom is -0.467 e. The van der Waals surface area contributed by atoms with Crippen LogP contribution in [0.5, 0.6) is 0 Å². The van der Waals surface area contributed by atoms with E-state index in [1.807, 2.05) is 74.5 Å². The van der Waals surface area contributed by atoms with Gasteiger partial charge in [0.1, 0.15) is 12.1 Å². The first-order valence-electron chi connectivity index (χ1n) is 9.27. The van der Waals surface area contributed by atoms with Crippen molar-refractivity contribution in [1.29, 1.82) is 0 Å². The van der Waals surface area contributed by atoms with Gasteiger partial charge >= 0.3 is 5.97 Å². The summed E-state index contributed by atoms with van der Waals surface area (Å²) >= 11 is 0. The van der Waals surface area contributed by atoms with Crippen LogP contribution in [0.3, 0.4) is 0 Å². The van der Waals surface area contributed by atoms with E-state index >= 15 is 0 Å². The molecule has 144 valence electrons. The summed E-state index contributed by atoms with van der Waals surface area (Å²) < 4.78 is 4.88.